The van der Waals surface area contributed by atoms with Crippen molar-refractivity contribution in [1.82, 2.24) is 10.2 Å². The van der Waals surface area contributed by atoms with Gasteiger partial charge in [0.15, 0.2) is 0 Å². The molecule has 1 fully saturated rings. The van der Waals surface area contributed by atoms with E-state index in [0.29, 0.717) is 32.5 Å². The fourth-order valence-corrected chi connectivity index (χ4v) is 3.45. The van der Waals surface area contributed by atoms with Crippen LogP contribution in [0.4, 0.5) is 0 Å². The van der Waals surface area contributed by atoms with Crippen LogP contribution in [0.25, 0.3) is 0 Å². The molecule has 0 aromatic heterocycles. The van der Waals surface area contributed by atoms with Crippen molar-refractivity contribution in [2.75, 3.05) is 19.7 Å². The van der Waals surface area contributed by atoms with Gasteiger partial charge in [0.05, 0.1) is 12.5 Å². The highest BCUT2D eigenvalue weighted by Gasteiger charge is 2.34. The minimum atomic E-state index is -0.571. The number of carbonyl (C=O) groups excluding carboxylic acids is 3. The van der Waals surface area contributed by atoms with Gasteiger partial charge in [0.25, 0.3) is 0 Å². The lowest BCUT2D eigenvalue weighted by Gasteiger charge is -2.35. The SMILES string of the molecule is CCOC(=O)C1CCN(C(=O)C(=O)NC(C)(C)CC(C)(C)C)CC1. The summed E-state index contributed by atoms with van der Waals surface area (Å²) in [6.07, 6.45) is 1.86. The first kappa shape index (κ1) is 20.5. The standard InChI is InChI=1S/C18H32N2O4/c1-7-24-16(23)13-8-10-20(11-9-13)15(22)14(21)19-18(5,6)12-17(2,3)4/h13H,7-12H2,1-6H3,(H,19,21). The Bertz CT molecular complexity index is 472. The number of hydrogen-bond donors (Lipinski definition) is 1. The molecule has 1 heterocycles. The number of amides is 2. The molecular weight excluding hydrogens is 308 g/mol. The van der Waals surface area contributed by atoms with Crippen LogP contribution in [0.1, 0.15) is 60.8 Å². The van der Waals surface area contributed by atoms with Crippen molar-refractivity contribution in [3.63, 3.8) is 0 Å². The molecule has 0 aromatic carbocycles. The first-order valence-electron chi connectivity index (χ1n) is 8.73. The summed E-state index contributed by atoms with van der Waals surface area (Å²) in [5, 5.41) is 2.84. The molecule has 6 nitrogen and oxygen atoms in total. The number of carbonyl (C=O) groups is 3. The summed E-state index contributed by atoms with van der Waals surface area (Å²) in [4.78, 5) is 37.9. The lowest BCUT2D eigenvalue weighted by molar-refractivity contribution is -0.153. The predicted octanol–water partition coefficient (Wildman–Crippen LogP) is 2.12. The average molecular weight is 340 g/mol. The first-order chi connectivity index (χ1) is 10.9. The Labute approximate surface area is 145 Å². The van der Waals surface area contributed by atoms with Crippen LogP contribution in [0.5, 0.6) is 0 Å². The molecule has 1 aliphatic rings. The molecule has 24 heavy (non-hydrogen) atoms. The average Bonchev–Trinajstić information content (AvgIpc) is 2.43. The topological polar surface area (TPSA) is 75.7 Å². The molecule has 0 aromatic rings. The Morgan fingerprint density at radius 3 is 2.08 bits per heavy atom. The predicted molar refractivity (Wildman–Crippen MR) is 92.2 cm³/mol. The van der Waals surface area contributed by atoms with E-state index in [1.807, 2.05) is 13.8 Å². The summed E-state index contributed by atoms with van der Waals surface area (Å²) in [6.45, 7) is 13.1. The van der Waals surface area contributed by atoms with Crippen LogP contribution >= 0.6 is 0 Å². The maximum Gasteiger partial charge on any atom is 0.311 e. The molecule has 2 amide bonds. The number of likely N-dealkylation sites (tertiary alicyclic amines) is 1. The van der Waals surface area contributed by atoms with Gasteiger partial charge in [-0.2, -0.15) is 0 Å². The van der Waals surface area contributed by atoms with Gasteiger partial charge >= 0.3 is 17.8 Å². The second kappa shape index (κ2) is 7.99. The minimum absolute atomic E-state index is 0.0534. The summed E-state index contributed by atoms with van der Waals surface area (Å²) in [7, 11) is 0. The maximum atomic E-state index is 12.3. The highest BCUT2D eigenvalue weighted by Crippen LogP contribution is 2.27. The zero-order chi connectivity index (χ0) is 18.5. The number of nitrogens with zero attached hydrogens (tertiary/aromatic N) is 1. The van der Waals surface area contributed by atoms with Crippen LogP contribution in [0.3, 0.4) is 0 Å². The molecule has 1 rings (SSSR count). The number of rotatable bonds is 4. The lowest BCUT2D eigenvalue weighted by Crippen LogP contribution is -2.53. The third kappa shape index (κ3) is 6.49. The number of esters is 1. The summed E-state index contributed by atoms with van der Waals surface area (Å²) in [5.41, 5.74) is -0.397. The van der Waals surface area contributed by atoms with Gasteiger partial charge in [-0.1, -0.05) is 20.8 Å². The molecule has 1 saturated heterocycles. The molecule has 0 spiro atoms. The summed E-state index contributed by atoms with van der Waals surface area (Å²) in [6, 6.07) is 0. The Morgan fingerprint density at radius 2 is 1.62 bits per heavy atom. The van der Waals surface area contributed by atoms with Crippen molar-refractivity contribution in [3.8, 4) is 0 Å². The summed E-state index contributed by atoms with van der Waals surface area (Å²) >= 11 is 0. The van der Waals surface area contributed by atoms with Crippen molar-refractivity contribution in [1.29, 1.82) is 0 Å². The van der Waals surface area contributed by atoms with Gasteiger partial charge in [-0.05, 0) is 45.4 Å². The van der Waals surface area contributed by atoms with Crippen molar-refractivity contribution in [2.45, 2.75) is 66.3 Å². The smallest absolute Gasteiger partial charge is 0.311 e. The van der Waals surface area contributed by atoms with E-state index in [0.717, 1.165) is 6.42 Å². The third-order valence-corrected chi connectivity index (χ3v) is 4.02. The second-order valence-corrected chi connectivity index (χ2v) is 8.39. The Hall–Kier alpha value is -1.59. The quantitative estimate of drug-likeness (QED) is 0.628. The van der Waals surface area contributed by atoms with Gasteiger partial charge in [-0.3, -0.25) is 14.4 Å². The van der Waals surface area contributed by atoms with Crippen molar-refractivity contribution < 1.29 is 19.1 Å². The van der Waals surface area contributed by atoms with E-state index in [1.54, 1.807) is 6.92 Å². The van der Waals surface area contributed by atoms with E-state index in [4.69, 9.17) is 4.74 Å². The minimum Gasteiger partial charge on any atom is -0.466 e. The van der Waals surface area contributed by atoms with Gasteiger partial charge in [0.1, 0.15) is 0 Å². The van der Waals surface area contributed by atoms with E-state index in [1.165, 1.54) is 4.90 Å². The van der Waals surface area contributed by atoms with E-state index >= 15 is 0 Å². The number of piperidine rings is 1. The molecule has 0 radical (unpaired) electrons. The monoisotopic (exact) mass is 340 g/mol. The fraction of sp³-hybridized carbons (Fsp3) is 0.833. The zero-order valence-electron chi connectivity index (χ0n) is 15.9. The first-order valence-corrected chi connectivity index (χ1v) is 8.73. The van der Waals surface area contributed by atoms with E-state index in [9.17, 15) is 14.4 Å². The van der Waals surface area contributed by atoms with Crippen LogP contribution in [0.2, 0.25) is 0 Å². The molecule has 0 atom stereocenters. The molecule has 1 N–H and O–H groups in total. The maximum absolute atomic E-state index is 12.3. The van der Waals surface area contributed by atoms with Crippen LogP contribution in [0.15, 0.2) is 0 Å². The third-order valence-electron chi connectivity index (χ3n) is 4.02. The van der Waals surface area contributed by atoms with Gasteiger partial charge in [-0.15, -0.1) is 0 Å². The zero-order valence-corrected chi connectivity index (χ0v) is 15.9. The molecule has 6 heteroatoms. The molecule has 0 unspecified atom stereocenters. The second-order valence-electron chi connectivity index (χ2n) is 8.39. The molecular formula is C18H32N2O4. The highest BCUT2D eigenvalue weighted by atomic mass is 16.5. The Morgan fingerprint density at radius 1 is 1.08 bits per heavy atom. The van der Waals surface area contributed by atoms with Crippen LogP contribution in [0, 0.1) is 11.3 Å². The van der Waals surface area contributed by atoms with Crippen LogP contribution in [-0.4, -0.2) is 47.9 Å². The number of ether oxygens (including phenoxy) is 1. The largest absolute Gasteiger partial charge is 0.466 e. The number of nitrogens with one attached hydrogen (secondary N) is 1. The molecule has 138 valence electrons. The van der Waals surface area contributed by atoms with Gasteiger partial charge < -0.3 is 15.0 Å². The van der Waals surface area contributed by atoms with Crippen molar-refractivity contribution in [3.05, 3.63) is 0 Å². The number of hydrogen-bond acceptors (Lipinski definition) is 4. The van der Waals surface area contributed by atoms with Gasteiger partial charge in [0, 0.05) is 18.6 Å². The van der Waals surface area contributed by atoms with Gasteiger partial charge in [-0.25, -0.2) is 0 Å². The summed E-state index contributed by atoms with van der Waals surface area (Å²) in [5.74, 6) is -1.46. The van der Waals surface area contributed by atoms with Gasteiger partial charge in [0.2, 0.25) is 0 Å². The fourth-order valence-electron chi connectivity index (χ4n) is 3.45. The van der Waals surface area contributed by atoms with E-state index in [-0.39, 0.29) is 17.3 Å². The van der Waals surface area contributed by atoms with E-state index < -0.39 is 17.4 Å². The van der Waals surface area contributed by atoms with E-state index in [2.05, 4.69) is 26.1 Å². The Kier molecular flexibility index (Phi) is 6.81. The van der Waals surface area contributed by atoms with Crippen molar-refractivity contribution >= 4 is 17.8 Å². The molecule has 1 aliphatic heterocycles. The molecule has 0 saturated carbocycles. The lowest BCUT2D eigenvalue weighted by atomic mass is 9.82. The van der Waals surface area contributed by atoms with Crippen molar-refractivity contribution in [2.24, 2.45) is 11.3 Å². The highest BCUT2D eigenvalue weighted by molar-refractivity contribution is 6.35. The van der Waals surface area contributed by atoms with Crippen LogP contribution < -0.4 is 5.32 Å². The normalized spacial score (nSPS) is 16.7. The molecule has 0 bridgehead atoms. The van der Waals surface area contributed by atoms with Crippen LogP contribution in [-0.2, 0) is 19.1 Å². The summed E-state index contributed by atoms with van der Waals surface area (Å²) < 4.78 is 5.02. The Balaban J connectivity index is 2.53. The molecule has 0 aliphatic carbocycles.